The SMILES string of the molecule is CCCC1CC(CN)(SC(C)C)C1. The highest BCUT2D eigenvalue weighted by molar-refractivity contribution is 8.01. The zero-order valence-electron chi connectivity index (χ0n) is 9.18. The van der Waals surface area contributed by atoms with Gasteiger partial charge in [-0.3, -0.25) is 0 Å². The summed E-state index contributed by atoms with van der Waals surface area (Å²) in [4.78, 5) is 0. The molecule has 1 fully saturated rings. The van der Waals surface area contributed by atoms with Crippen molar-refractivity contribution in [2.75, 3.05) is 6.54 Å². The maximum Gasteiger partial charge on any atom is 0.0290 e. The molecule has 1 rings (SSSR count). The van der Waals surface area contributed by atoms with Crippen molar-refractivity contribution in [3.63, 3.8) is 0 Å². The van der Waals surface area contributed by atoms with E-state index in [1.165, 1.54) is 25.7 Å². The van der Waals surface area contributed by atoms with Gasteiger partial charge in [-0.25, -0.2) is 0 Å². The summed E-state index contributed by atoms with van der Waals surface area (Å²) in [6, 6.07) is 0. The molecule has 0 aromatic carbocycles. The number of nitrogens with two attached hydrogens (primary N) is 1. The van der Waals surface area contributed by atoms with E-state index >= 15 is 0 Å². The molecule has 1 aliphatic carbocycles. The van der Waals surface area contributed by atoms with Crippen LogP contribution in [0.1, 0.15) is 46.5 Å². The molecular weight excluding hydrogens is 178 g/mol. The van der Waals surface area contributed by atoms with Gasteiger partial charge in [0.25, 0.3) is 0 Å². The first-order valence-corrected chi connectivity index (χ1v) is 6.37. The molecule has 0 atom stereocenters. The highest BCUT2D eigenvalue weighted by Gasteiger charge is 2.43. The van der Waals surface area contributed by atoms with Crippen LogP contribution in [0.15, 0.2) is 0 Å². The number of rotatable bonds is 5. The molecule has 2 heteroatoms. The van der Waals surface area contributed by atoms with Gasteiger partial charge in [-0.15, -0.1) is 0 Å². The molecule has 1 nitrogen and oxygen atoms in total. The van der Waals surface area contributed by atoms with Crippen LogP contribution < -0.4 is 5.73 Å². The first-order valence-electron chi connectivity index (χ1n) is 5.50. The Balaban J connectivity index is 2.31. The molecule has 13 heavy (non-hydrogen) atoms. The standard InChI is InChI=1S/C11H23NS/c1-4-5-10-6-11(7-10,8-12)13-9(2)3/h9-10H,4-8,12H2,1-3H3. The lowest BCUT2D eigenvalue weighted by atomic mass is 9.72. The van der Waals surface area contributed by atoms with Crippen LogP contribution in [-0.4, -0.2) is 16.5 Å². The fourth-order valence-corrected chi connectivity index (χ4v) is 4.18. The largest absolute Gasteiger partial charge is 0.329 e. The van der Waals surface area contributed by atoms with Crippen molar-refractivity contribution in [3.05, 3.63) is 0 Å². The molecule has 0 heterocycles. The van der Waals surface area contributed by atoms with Gasteiger partial charge in [0, 0.05) is 11.3 Å². The summed E-state index contributed by atoms with van der Waals surface area (Å²) in [5, 5.41) is 0.728. The molecular formula is C11H23NS. The van der Waals surface area contributed by atoms with Crippen molar-refractivity contribution in [2.45, 2.75) is 56.5 Å². The monoisotopic (exact) mass is 201 g/mol. The van der Waals surface area contributed by atoms with Crippen molar-refractivity contribution in [1.29, 1.82) is 0 Å². The van der Waals surface area contributed by atoms with E-state index in [1.54, 1.807) is 0 Å². The molecule has 0 aromatic rings. The zero-order valence-corrected chi connectivity index (χ0v) is 9.99. The van der Waals surface area contributed by atoms with Crippen molar-refractivity contribution >= 4 is 11.8 Å². The van der Waals surface area contributed by atoms with E-state index in [0.29, 0.717) is 4.75 Å². The third-order valence-corrected chi connectivity index (χ3v) is 4.35. The molecule has 0 aliphatic heterocycles. The number of thioether (sulfide) groups is 1. The number of hydrogen-bond donors (Lipinski definition) is 1. The summed E-state index contributed by atoms with van der Waals surface area (Å²) < 4.78 is 0.452. The van der Waals surface area contributed by atoms with Crippen molar-refractivity contribution in [2.24, 2.45) is 11.7 Å². The van der Waals surface area contributed by atoms with Gasteiger partial charge in [0.05, 0.1) is 0 Å². The second kappa shape index (κ2) is 4.70. The minimum absolute atomic E-state index is 0.452. The second-order valence-electron chi connectivity index (χ2n) is 4.62. The second-order valence-corrected chi connectivity index (χ2v) is 6.66. The fourth-order valence-electron chi connectivity index (χ4n) is 2.42. The molecule has 2 N–H and O–H groups in total. The molecule has 0 radical (unpaired) electrons. The zero-order chi connectivity index (χ0) is 9.90. The van der Waals surface area contributed by atoms with Gasteiger partial charge < -0.3 is 5.73 Å². The van der Waals surface area contributed by atoms with Crippen LogP contribution in [0.3, 0.4) is 0 Å². The van der Waals surface area contributed by atoms with Crippen LogP contribution in [0.5, 0.6) is 0 Å². The Morgan fingerprint density at radius 1 is 1.46 bits per heavy atom. The van der Waals surface area contributed by atoms with Gasteiger partial charge in [-0.1, -0.05) is 33.6 Å². The Bertz CT molecular complexity index is 150. The number of hydrogen-bond acceptors (Lipinski definition) is 2. The Morgan fingerprint density at radius 2 is 2.08 bits per heavy atom. The Morgan fingerprint density at radius 3 is 2.46 bits per heavy atom. The quantitative estimate of drug-likeness (QED) is 0.740. The Labute approximate surface area is 86.8 Å². The molecule has 1 saturated carbocycles. The molecule has 0 unspecified atom stereocenters. The lowest BCUT2D eigenvalue weighted by Gasteiger charge is -2.47. The minimum Gasteiger partial charge on any atom is -0.329 e. The van der Waals surface area contributed by atoms with Crippen molar-refractivity contribution in [3.8, 4) is 0 Å². The average Bonchev–Trinajstić information content (AvgIpc) is 1.99. The summed E-state index contributed by atoms with van der Waals surface area (Å²) in [7, 11) is 0. The van der Waals surface area contributed by atoms with E-state index in [0.717, 1.165) is 17.7 Å². The summed E-state index contributed by atoms with van der Waals surface area (Å²) in [6.07, 6.45) is 5.46. The van der Waals surface area contributed by atoms with Crippen LogP contribution in [-0.2, 0) is 0 Å². The third kappa shape index (κ3) is 2.88. The van der Waals surface area contributed by atoms with Gasteiger partial charge in [-0.2, -0.15) is 11.8 Å². The summed E-state index contributed by atoms with van der Waals surface area (Å²) >= 11 is 2.09. The van der Waals surface area contributed by atoms with Crippen LogP contribution in [0, 0.1) is 5.92 Å². The first-order chi connectivity index (χ1) is 6.12. The lowest BCUT2D eigenvalue weighted by Crippen LogP contribution is -2.47. The molecule has 0 saturated heterocycles. The lowest BCUT2D eigenvalue weighted by molar-refractivity contribution is 0.220. The molecule has 0 spiro atoms. The summed E-state index contributed by atoms with van der Waals surface area (Å²) in [5.41, 5.74) is 5.85. The first kappa shape index (κ1) is 11.4. The molecule has 0 amide bonds. The van der Waals surface area contributed by atoms with Gasteiger partial charge in [0.1, 0.15) is 0 Å². The van der Waals surface area contributed by atoms with Crippen LogP contribution in [0.4, 0.5) is 0 Å². The molecule has 0 aromatic heterocycles. The highest BCUT2D eigenvalue weighted by Crippen LogP contribution is 2.50. The van der Waals surface area contributed by atoms with Gasteiger partial charge >= 0.3 is 0 Å². The minimum atomic E-state index is 0.452. The smallest absolute Gasteiger partial charge is 0.0290 e. The van der Waals surface area contributed by atoms with E-state index in [-0.39, 0.29) is 0 Å². The summed E-state index contributed by atoms with van der Waals surface area (Å²) in [5.74, 6) is 0.972. The van der Waals surface area contributed by atoms with Gasteiger partial charge in [-0.05, 0) is 24.0 Å². The Hall–Kier alpha value is 0.310. The maximum absolute atomic E-state index is 5.85. The maximum atomic E-state index is 5.85. The van der Waals surface area contributed by atoms with Crippen LogP contribution in [0.25, 0.3) is 0 Å². The van der Waals surface area contributed by atoms with Crippen LogP contribution >= 0.6 is 11.8 Å². The fraction of sp³-hybridized carbons (Fsp3) is 1.00. The van der Waals surface area contributed by atoms with Gasteiger partial charge in [0.2, 0.25) is 0 Å². The van der Waals surface area contributed by atoms with Crippen LogP contribution in [0.2, 0.25) is 0 Å². The third-order valence-electron chi connectivity index (χ3n) is 2.88. The molecule has 78 valence electrons. The van der Waals surface area contributed by atoms with Crippen molar-refractivity contribution < 1.29 is 0 Å². The van der Waals surface area contributed by atoms with Gasteiger partial charge in [0.15, 0.2) is 0 Å². The van der Waals surface area contributed by atoms with E-state index < -0.39 is 0 Å². The normalized spacial score (nSPS) is 33.5. The predicted molar refractivity (Wildman–Crippen MR) is 62.1 cm³/mol. The summed E-state index contributed by atoms with van der Waals surface area (Å²) in [6.45, 7) is 7.69. The Kier molecular flexibility index (Phi) is 4.11. The molecule has 0 bridgehead atoms. The predicted octanol–water partition coefficient (Wildman–Crippen LogP) is 3.04. The van der Waals surface area contributed by atoms with Crippen molar-refractivity contribution in [1.82, 2.24) is 0 Å². The van der Waals surface area contributed by atoms with E-state index in [4.69, 9.17) is 5.73 Å². The highest BCUT2D eigenvalue weighted by atomic mass is 32.2. The van der Waals surface area contributed by atoms with E-state index in [1.807, 2.05) is 0 Å². The van der Waals surface area contributed by atoms with E-state index in [2.05, 4.69) is 32.5 Å². The molecule has 1 aliphatic rings. The van der Waals surface area contributed by atoms with E-state index in [9.17, 15) is 0 Å². The average molecular weight is 201 g/mol. The topological polar surface area (TPSA) is 26.0 Å².